The third-order valence-corrected chi connectivity index (χ3v) is 2.56. The molecule has 1 aromatic carbocycles. The molecule has 0 saturated heterocycles. The van der Waals surface area contributed by atoms with Crippen LogP contribution in [0.1, 0.15) is 26.1 Å². The first kappa shape index (κ1) is 11.4. The fourth-order valence-electron chi connectivity index (χ4n) is 1.63. The molecular formula is C14H15N3. The Bertz CT molecular complexity index is 552. The number of imidazole rings is 1. The van der Waals surface area contributed by atoms with Crippen LogP contribution in [0.2, 0.25) is 0 Å². The molecule has 1 N–H and O–H groups in total. The van der Waals surface area contributed by atoms with Gasteiger partial charge in [0, 0.05) is 0 Å². The van der Waals surface area contributed by atoms with Crippen LogP contribution in [0.5, 0.6) is 0 Å². The van der Waals surface area contributed by atoms with E-state index in [1.54, 1.807) is 0 Å². The monoisotopic (exact) mass is 225 g/mol. The van der Waals surface area contributed by atoms with Gasteiger partial charge in [0.25, 0.3) is 0 Å². The van der Waals surface area contributed by atoms with E-state index < -0.39 is 0 Å². The van der Waals surface area contributed by atoms with Crippen molar-refractivity contribution in [1.29, 1.82) is 5.26 Å². The lowest BCUT2D eigenvalue weighted by Crippen LogP contribution is -1.88. The van der Waals surface area contributed by atoms with Crippen molar-refractivity contribution >= 4 is 16.6 Å². The Balaban J connectivity index is 2.37. The molecular weight excluding hydrogens is 210 g/mol. The van der Waals surface area contributed by atoms with Crippen molar-refractivity contribution in [2.45, 2.75) is 20.3 Å². The van der Waals surface area contributed by atoms with Gasteiger partial charge in [0.15, 0.2) is 0 Å². The maximum atomic E-state index is 9.14. The van der Waals surface area contributed by atoms with Crippen LogP contribution >= 0.6 is 0 Å². The molecule has 0 atom stereocenters. The highest BCUT2D eigenvalue weighted by Gasteiger charge is 2.06. The van der Waals surface area contributed by atoms with Crippen LogP contribution in [-0.4, -0.2) is 9.97 Å². The smallest absolute Gasteiger partial charge is 0.148 e. The Hall–Kier alpha value is -2.08. The lowest BCUT2D eigenvalue weighted by Gasteiger charge is -1.98. The van der Waals surface area contributed by atoms with Gasteiger partial charge in [-0.05, 0) is 24.5 Å². The number of aromatic amines is 1. The van der Waals surface area contributed by atoms with Gasteiger partial charge in [-0.15, -0.1) is 0 Å². The van der Waals surface area contributed by atoms with E-state index in [0.717, 1.165) is 17.5 Å². The molecule has 0 amide bonds. The number of fused-ring (bicyclic) bond motifs is 1. The van der Waals surface area contributed by atoms with Crippen LogP contribution in [0.3, 0.4) is 0 Å². The van der Waals surface area contributed by atoms with E-state index >= 15 is 0 Å². The molecule has 0 bridgehead atoms. The summed E-state index contributed by atoms with van der Waals surface area (Å²) >= 11 is 0. The molecule has 1 aromatic heterocycles. The summed E-state index contributed by atoms with van der Waals surface area (Å²) in [6.45, 7) is 4.26. The Labute approximate surface area is 101 Å². The normalized spacial score (nSPS) is 12.0. The number of benzene rings is 1. The summed E-state index contributed by atoms with van der Waals surface area (Å²) in [6, 6.07) is 9.99. The zero-order valence-electron chi connectivity index (χ0n) is 10.1. The maximum absolute atomic E-state index is 9.14. The minimum absolute atomic E-state index is 0.544. The molecule has 1 heterocycles. The van der Waals surface area contributed by atoms with Crippen molar-refractivity contribution in [2.75, 3.05) is 0 Å². The van der Waals surface area contributed by atoms with Crippen LogP contribution in [0, 0.1) is 17.2 Å². The van der Waals surface area contributed by atoms with Crippen LogP contribution in [0.25, 0.3) is 16.6 Å². The number of rotatable bonds is 3. The highest BCUT2D eigenvalue weighted by molar-refractivity contribution is 5.81. The lowest BCUT2D eigenvalue weighted by atomic mass is 10.1. The number of nitriles is 1. The van der Waals surface area contributed by atoms with Crippen molar-refractivity contribution in [3.63, 3.8) is 0 Å². The fourth-order valence-corrected chi connectivity index (χ4v) is 1.63. The summed E-state index contributed by atoms with van der Waals surface area (Å²) in [5.74, 6) is 1.21. The summed E-state index contributed by atoms with van der Waals surface area (Å²) in [7, 11) is 0. The molecule has 17 heavy (non-hydrogen) atoms. The molecule has 0 aliphatic carbocycles. The number of H-pyrrole nitrogens is 1. The van der Waals surface area contributed by atoms with Crippen LogP contribution in [-0.2, 0) is 0 Å². The average Bonchev–Trinajstić information content (AvgIpc) is 2.72. The fraction of sp³-hybridized carbons (Fsp3) is 0.286. The topological polar surface area (TPSA) is 52.5 Å². The number of hydrogen-bond acceptors (Lipinski definition) is 2. The van der Waals surface area contributed by atoms with Gasteiger partial charge in [0.05, 0.1) is 16.6 Å². The predicted octanol–water partition coefficient (Wildman–Crippen LogP) is 3.52. The summed E-state index contributed by atoms with van der Waals surface area (Å²) in [5.41, 5.74) is 2.48. The molecule has 3 heteroatoms. The highest BCUT2D eigenvalue weighted by Crippen LogP contribution is 2.17. The van der Waals surface area contributed by atoms with Crippen molar-refractivity contribution in [3.05, 3.63) is 36.2 Å². The van der Waals surface area contributed by atoms with Crippen molar-refractivity contribution in [2.24, 2.45) is 5.92 Å². The number of para-hydroxylation sites is 2. The quantitative estimate of drug-likeness (QED) is 0.812. The van der Waals surface area contributed by atoms with Gasteiger partial charge in [-0.2, -0.15) is 5.26 Å². The van der Waals surface area contributed by atoms with E-state index in [1.807, 2.05) is 30.3 Å². The first-order valence-electron chi connectivity index (χ1n) is 5.76. The molecule has 0 spiro atoms. The first-order valence-corrected chi connectivity index (χ1v) is 5.76. The minimum Gasteiger partial charge on any atom is -0.337 e. The average molecular weight is 225 g/mol. The van der Waals surface area contributed by atoms with E-state index in [0.29, 0.717) is 17.3 Å². The molecule has 0 radical (unpaired) electrons. The Kier molecular flexibility index (Phi) is 3.24. The van der Waals surface area contributed by atoms with E-state index in [4.69, 9.17) is 5.26 Å². The summed E-state index contributed by atoms with van der Waals surface area (Å²) in [6.07, 6.45) is 2.84. The number of nitrogens with zero attached hydrogens (tertiary/aromatic N) is 2. The molecule has 0 aliphatic heterocycles. The number of nitrogens with one attached hydrogen (secondary N) is 1. The van der Waals surface area contributed by atoms with Gasteiger partial charge in [-0.1, -0.05) is 32.1 Å². The zero-order valence-corrected chi connectivity index (χ0v) is 10.1. The first-order chi connectivity index (χ1) is 8.20. The molecule has 86 valence electrons. The number of aromatic nitrogens is 2. The number of hydrogen-bond donors (Lipinski definition) is 1. The second-order valence-electron chi connectivity index (χ2n) is 4.46. The van der Waals surface area contributed by atoms with Crippen LogP contribution < -0.4 is 0 Å². The van der Waals surface area contributed by atoms with Crippen molar-refractivity contribution in [1.82, 2.24) is 9.97 Å². The minimum atomic E-state index is 0.544. The summed E-state index contributed by atoms with van der Waals surface area (Å²) in [5, 5.41) is 9.14. The second-order valence-corrected chi connectivity index (χ2v) is 4.46. The molecule has 0 unspecified atom stereocenters. The van der Waals surface area contributed by atoms with Gasteiger partial charge < -0.3 is 4.98 Å². The third kappa shape index (κ3) is 2.54. The second kappa shape index (κ2) is 4.84. The van der Waals surface area contributed by atoms with Gasteiger partial charge in [0.1, 0.15) is 11.9 Å². The predicted molar refractivity (Wildman–Crippen MR) is 69.1 cm³/mol. The SMILES string of the molecule is CC(C)C/C=C(/C#N)c1nc2ccccc2[nH]1. The molecule has 0 fully saturated rings. The highest BCUT2D eigenvalue weighted by atomic mass is 14.9. The summed E-state index contributed by atoms with van der Waals surface area (Å²) < 4.78 is 0. The number of allylic oxidation sites excluding steroid dienone is 2. The third-order valence-electron chi connectivity index (χ3n) is 2.56. The molecule has 0 aliphatic rings. The van der Waals surface area contributed by atoms with E-state index in [2.05, 4.69) is 29.9 Å². The standard InChI is InChI=1S/C14H15N3/c1-10(2)7-8-11(9-15)14-16-12-5-3-4-6-13(12)17-14/h3-6,8,10H,7H2,1-2H3,(H,16,17)/b11-8-. The van der Waals surface area contributed by atoms with Crippen molar-refractivity contribution < 1.29 is 0 Å². The molecule has 0 saturated carbocycles. The lowest BCUT2D eigenvalue weighted by molar-refractivity contribution is 0.664. The van der Waals surface area contributed by atoms with E-state index in [9.17, 15) is 0 Å². The van der Waals surface area contributed by atoms with Crippen molar-refractivity contribution in [3.8, 4) is 6.07 Å². The van der Waals surface area contributed by atoms with Gasteiger partial charge in [-0.25, -0.2) is 4.98 Å². The molecule has 2 aromatic rings. The molecule has 3 nitrogen and oxygen atoms in total. The van der Waals surface area contributed by atoms with Gasteiger partial charge in [0.2, 0.25) is 0 Å². The van der Waals surface area contributed by atoms with Gasteiger partial charge in [-0.3, -0.25) is 0 Å². The van der Waals surface area contributed by atoms with Crippen LogP contribution in [0.4, 0.5) is 0 Å². The summed E-state index contributed by atoms with van der Waals surface area (Å²) in [4.78, 5) is 7.58. The molecule has 2 rings (SSSR count). The Morgan fingerprint density at radius 3 is 2.88 bits per heavy atom. The maximum Gasteiger partial charge on any atom is 0.148 e. The van der Waals surface area contributed by atoms with E-state index in [1.165, 1.54) is 0 Å². The zero-order chi connectivity index (χ0) is 12.3. The Morgan fingerprint density at radius 1 is 1.47 bits per heavy atom. The largest absolute Gasteiger partial charge is 0.337 e. The van der Waals surface area contributed by atoms with Gasteiger partial charge >= 0.3 is 0 Å². The Morgan fingerprint density at radius 2 is 2.24 bits per heavy atom. The van der Waals surface area contributed by atoms with Crippen LogP contribution in [0.15, 0.2) is 30.3 Å². The van der Waals surface area contributed by atoms with E-state index in [-0.39, 0.29) is 0 Å².